The summed E-state index contributed by atoms with van der Waals surface area (Å²) in [5, 5.41) is 26.3. The van der Waals surface area contributed by atoms with Crippen LogP contribution in [0.15, 0.2) is 82.8 Å². The van der Waals surface area contributed by atoms with Gasteiger partial charge in [0.1, 0.15) is 6.54 Å². The summed E-state index contributed by atoms with van der Waals surface area (Å²) >= 11 is 0. The van der Waals surface area contributed by atoms with Crippen LogP contribution in [0.1, 0.15) is 5.56 Å². The maximum absolute atomic E-state index is 13.4. The average Bonchev–Trinajstić information content (AvgIpc) is 2.87. The molecule has 13 nitrogen and oxygen atoms in total. The molecule has 1 N–H and O–H groups in total. The third-order valence-electron chi connectivity index (χ3n) is 4.76. The third kappa shape index (κ3) is 5.79. The summed E-state index contributed by atoms with van der Waals surface area (Å²) < 4.78 is 32.4. The summed E-state index contributed by atoms with van der Waals surface area (Å²) in [4.78, 5) is 33.1. The van der Waals surface area contributed by atoms with Gasteiger partial charge in [-0.15, -0.1) is 0 Å². The van der Waals surface area contributed by atoms with E-state index in [2.05, 4.69) is 10.5 Å². The molecule has 0 heterocycles. The van der Waals surface area contributed by atoms with Gasteiger partial charge in [-0.3, -0.25) is 29.3 Å². The lowest BCUT2D eigenvalue weighted by molar-refractivity contribution is -0.387. The van der Waals surface area contributed by atoms with E-state index in [1.807, 2.05) is 0 Å². The van der Waals surface area contributed by atoms with Crippen LogP contribution in [0.25, 0.3) is 0 Å². The Balaban J connectivity index is 1.86. The highest BCUT2D eigenvalue weighted by Crippen LogP contribution is 2.30. The number of hydrogen-bond donors (Lipinski definition) is 1. The Morgan fingerprint density at radius 3 is 2.28 bits per heavy atom. The van der Waals surface area contributed by atoms with E-state index in [-0.39, 0.29) is 22.7 Å². The van der Waals surface area contributed by atoms with Gasteiger partial charge in [0, 0.05) is 17.7 Å². The standard InChI is InChI=1S/C22H19N5O8S/c1-35-20-12-11-16(13-19(20)27(31)32)14-23-24-22(28)15-25(17-7-3-2-4-8-17)36(33,34)21-10-6-5-9-18(21)26(29)30/h2-14H,15H2,1H3,(H,24,28). The van der Waals surface area contributed by atoms with Gasteiger partial charge in [0.2, 0.25) is 0 Å². The van der Waals surface area contributed by atoms with Gasteiger partial charge >= 0.3 is 5.69 Å². The maximum Gasteiger partial charge on any atom is 0.311 e. The van der Waals surface area contributed by atoms with Gasteiger partial charge in [-0.1, -0.05) is 30.3 Å². The molecule has 0 aromatic heterocycles. The number of hydrazone groups is 1. The summed E-state index contributed by atoms with van der Waals surface area (Å²) in [6.07, 6.45) is 1.13. The Bertz CT molecular complexity index is 1430. The summed E-state index contributed by atoms with van der Waals surface area (Å²) in [7, 11) is -3.25. The number of benzene rings is 3. The van der Waals surface area contributed by atoms with E-state index in [1.54, 1.807) is 18.2 Å². The number of nitro groups is 2. The Labute approximate surface area is 205 Å². The fraction of sp³-hybridized carbons (Fsp3) is 0.0909. The molecule has 0 spiro atoms. The molecule has 0 fully saturated rings. The van der Waals surface area contributed by atoms with E-state index in [4.69, 9.17) is 4.74 Å². The van der Waals surface area contributed by atoms with E-state index >= 15 is 0 Å². The van der Waals surface area contributed by atoms with E-state index < -0.39 is 42.9 Å². The molecule has 14 heteroatoms. The van der Waals surface area contributed by atoms with Gasteiger partial charge < -0.3 is 4.74 Å². The second-order valence-electron chi connectivity index (χ2n) is 7.05. The molecule has 0 unspecified atom stereocenters. The van der Waals surface area contributed by atoms with Crippen molar-refractivity contribution in [2.45, 2.75) is 4.90 Å². The summed E-state index contributed by atoms with van der Waals surface area (Å²) in [5.74, 6) is -0.819. The number of anilines is 1. The first-order valence-electron chi connectivity index (χ1n) is 10.1. The molecule has 3 aromatic rings. The number of nitro benzene ring substituents is 2. The van der Waals surface area contributed by atoms with Crippen molar-refractivity contribution in [2.24, 2.45) is 5.10 Å². The normalized spacial score (nSPS) is 11.1. The minimum atomic E-state index is -4.53. The summed E-state index contributed by atoms with van der Waals surface area (Å²) in [6, 6.07) is 16.4. The number of amides is 1. The van der Waals surface area contributed by atoms with Gasteiger partial charge in [-0.25, -0.2) is 13.8 Å². The maximum atomic E-state index is 13.4. The largest absolute Gasteiger partial charge is 0.490 e. The molecule has 0 saturated carbocycles. The minimum absolute atomic E-state index is 0.0416. The monoisotopic (exact) mass is 513 g/mol. The molecule has 3 rings (SSSR count). The molecule has 0 radical (unpaired) electrons. The van der Waals surface area contributed by atoms with Crippen LogP contribution in [0.3, 0.4) is 0 Å². The lowest BCUT2D eigenvalue weighted by Crippen LogP contribution is -2.39. The summed E-state index contributed by atoms with van der Waals surface area (Å²) in [6.45, 7) is -0.751. The van der Waals surface area contributed by atoms with Crippen LogP contribution in [0.4, 0.5) is 17.1 Å². The third-order valence-corrected chi connectivity index (χ3v) is 6.59. The lowest BCUT2D eigenvalue weighted by atomic mass is 10.2. The predicted molar refractivity (Wildman–Crippen MR) is 129 cm³/mol. The lowest BCUT2D eigenvalue weighted by Gasteiger charge is -2.23. The molecule has 3 aromatic carbocycles. The average molecular weight is 513 g/mol. The summed E-state index contributed by atoms with van der Waals surface area (Å²) in [5.41, 5.74) is 1.58. The van der Waals surface area contributed by atoms with Crippen molar-refractivity contribution in [1.82, 2.24) is 5.43 Å². The minimum Gasteiger partial charge on any atom is -0.490 e. The topological polar surface area (TPSA) is 174 Å². The number of ether oxygens (including phenoxy) is 1. The van der Waals surface area contributed by atoms with Crippen molar-refractivity contribution >= 4 is 39.2 Å². The van der Waals surface area contributed by atoms with Crippen LogP contribution in [-0.4, -0.2) is 44.0 Å². The molecular formula is C22H19N5O8S. The predicted octanol–water partition coefficient (Wildman–Crippen LogP) is 2.86. The number of nitrogens with one attached hydrogen (secondary N) is 1. The zero-order valence-corrected chi connectivity index (χ0v) is 19.5. The number of para-hydroxylation sites is 2. The van der Waals surface area contributed by atoms with Crippen LogP contribution in [0, 0.1) is 20.2 Å². The molecule has 36 heavy (non-hydrogen) atoms. The Kier molecular flexibility index (Phi) is 7.91. The Morgan fingerprint density at radius 1 is 1.00 bits per heavy atom. The van der Waals surface area contributed by atoms with Crippen molar-refractivity contribution in [3.05, 3.63) is 98.6 Å². The van der Waals surface area contributed by atoms with Crippen molar-refractivity contribution in [2.75, 3.05) is 18.0 Å². The smallest absolute Gasteiger partial charge is 0.311 e. The SMILES string of the molecule is COc1ccc(C=NNC(=O)CN(c2ccccc2)S(=O)(=O)c2ccccc2[N+](=O)[O-])cc1[N+](=O)[O-]. The van der Waals surface area contributed by atoms with E-state index in [9.17, 15) is 33.4 Å². The molecule has 0 aliphatic heterocycles. The Hall–Kier alpha value is -4.85. The number of methoxy groups -OCH3 is 1. The Morgan fingerprint density at radius 2 is 1.64 bits per heavy atom. The zero-order chi connectivity index (χ0) is 26.3. The number of carbonyl (C=O) groups excluding carboxylic acids is 1. The molecule has 186 valence electrons. The molecule has 0 bridgehead atoms. The van der Waals surface area contributed by atoms with Crippen LogP contribution >= 0.6 is 0 Å². The van der Waals surface area contributed by atoms with E-state index in [0.29, 0.717) is 0 Å². The second-order valence-corrected chi connectivity index (χ2v) is 8.88. The van der Waals surface area contributed by atoms with Crippen LogP contribution in [0.5, 0.6) is 5.75 Å². The molecule has 0 atom stereocenters. The molecule has 0 aliphatic rings. The number of carbonyl (C=O) groups is 1. The second kappa shape index (κ2) is 11.1. The first-order valence-corrected chi connectivity index (χ1v) is 11.5. The highest BCUT2D eigenvalue weighted by atomic mass is 32.2. The van der Waals surface area contributed by atoms with Crippen molar-refractivity contribution in [3.8, 4) is 5.75 Å². The number of hydrogen-bond acceptors (Lipinski definition) is 9. The van der Waals surface area contributed by atoms with Gasteiger partial charge in [0.05, 0.1) is 28.9 Å². The zero-order valence-electron chi connectivity index (χ0n) is 18.7. The fourth-order valence-electron chi connectivity index (χ4n) is 3.13. The van der Waals surface area contributed by atoms with Gasteiger partial charge in [0.15, 0.2) is 10.6 Å². The van der Waals surface area contributed by atoms with E-state index in [1.165, 1.54) is 49.6 Å². The van der Waals surface area contributed by atoms with Crippen LogP contribution in [-0.2, 0) is 14.8 Å². The van der Waals surface area contributed by atoms with Gasteiger partial charge in [0.25, 0.3) is 21.6 Å². The number of nitrogens with zero attached hydrogens (tertiary/aromatic N) is 4. The van der Waals surface area contributed by atoms with Crippen LogP contribution in [0.2, 0.25) is 0 Å². The van der Waals surface area contributed by atoms with Crippen molar-refractivity contribution in [3.63, 3.8) is 0 Å². The molecule has 0 saturated heterocycles. The van der Waals surface area contributed by atoms with Gasteiger partial charge in [-0.05, 0) is 30.3 Å². The highest BCUT2D eigenvalue weighted by molar-refractivity contribution is 7.93. The van der Waals surface area contributed by atoms with Gasteiger partial charge in [-0.2, -0.15) is 5.10 Å². The van der Waals surface area contributed by atoms with E-state index in [0.717, 1.165) is 22.7 Å². The molecule has 0 aliphatic carbocycles. The molecule has 1 amide bonds. The van der Waals surface area contributed by atoms with Crippen LogP contribution < -0.4 is 14.5 Å². The first-order chi connectivity index (χ1) is 17.1. The van der Waals surface area contributed by atoms with Crippen molar-refractivity contribution < 1.29 is 27.8 Å². The quantitative estimate of drug-likeness (QED) is 0.244. The number of sulfonamides is 1. The molecular weight excluding hydrogens is 494 g/mol. The number of rotatable bonds is 10. The first kappa shape index (κ1) is 25.8. The fourth-order valence-corrected chi connectivity index (χ4v) is 4.71. The highest BCUT2D eigenvalue weighted by Gasteiger charge is 2.33. The van der Waals surface area contributed by atoms with Crippen molar-refractivity contribution in [1.29, 1.82) is 0 Å².